The highest BCUT2D eigenvalue weighted by molar-refractivity contribution is 7.09. The van der Waals surface area contributed by atoms with Crippen molar-refractivity contribution in [2.75, 3.05) is 6.54 Å². The summed E-state index contributed by atoms with van der Waals surface area (Å²) in [7, 11) is 0. The summed E-state index contributed by atoms with van der Waals surface area (Å²) < 4.78 is 0. The number of rotatable bonds is 6. The summed E-state index contributed by atoms with van der Waals surface area (Å²) in [4.78, 5) is 28.3. The van der Waals surface area contributed by atoms with E-state index < -0.39 is 5.97 Å². The van der Waals surface area contributed by atoms with Gasteiger partial charge in [-0.3, -0.25) is 4.79 Å². The van der Waals surface area contributed by atoms with Crippen LogP contribution in [0.1, 0.15) is 38.3 Å². The molecule has 0 bridgehead atoms. The monoisotopic (exact) mass is 318 g/mol. The first-order valence-electron chi connectivity index (χ1n) is 6.99. The number of hydrogen-bond acceptors (Lipinski definition) is 4. The number of carboxylic acids is 1. The highest BCUT2D eigenvalue weighted by Crippen LogP contribution is 2.14. The number of aryl methyl sites for hydroxylation is 1. The Balaban J connectivity index is 1.92. The second-order valence-corrected chi connectivity index (χ2v) is 6.27. The summed E-state index contributed by atoms with van der Waals surface area (Å²) in [5.74, 6) is -0.999. The summed E-state index contributed by atoms with van der Waals surface area (Å²) in [6.45, 7) is 4.21. The van der Waals surface area contributed by atoms with Crippen molar-refractivity contribution in [2.45, 2.75) is 20.3 Å². The lowest BCUT2D eigenvalue weighted by Gasteiger charge is -2.12. The van der Waals surface area contributed by atoms with Gasteiger partial charge in [-0.1, -0.05) is 13.0 Å². The zero-order valence-corrected chi connectivity index (χ0v) is 13.3. The van der Waals surface area contributed by atoms with Gasteiger partial charge in [-0.15, -0.1) is 11.3 Å². The van der Waals surface area contributed by atoms with Crippen LogP contribution >= 0.6 is 11.3 Å². The summed E-state index contributed by atoms with van der Waals surface area (Å²) in [5.41, 5.74) is 0.695. The lowest BCUT2D eigenvalue weighted by atomic mass is 10.1. The van der Waals surface area contributed by atoms with E-state index in [1.54, 1.807) is 18.3 Å². The number of aromatic nitrogens is 1. The van der Waals surface area contributed by atoms with Gasteiger partial charge in [-0.05, 0) is 42.8 Å². The van der Waals surface area contributed by atoms with E-state index in [9.17, 15) is 9.59 Å². The fraction of sp³-hybridized carbons (Fsp3) is 0.312. The molecule has 2 N–H and O–H groups in total. The zero-order chi connectivity index (χ0) is 16.1. The number of carboxylic acid groups (broad SMARTS) is 1. The van der Waals surface area contributed by atoms with Gasteiger partial charge in [0.05, 0.1) is 11.3 Å². The first-order valence-corrected chi connectivity index (χ1v) is 7.87. The number of pyridine rings is 1. The Kier molecular flexibility index (Phi) is 5.27. The Labute approximate surface area is 133 Å². The average Bonchev–Trinajstić information content (AvgIpc) is 2.97. The van der Waals surface area contributed by atoms with E-state index in [1.165, 1.54) is 17.0 Å². The van der Waals surface area contributed by atoms with Crippen LogP contribution in [-0.4, -0.2) is 28.5 Å². The van der Waals surface area contributed by atoms with E-state index in [-0.39, 0.29) is 17.2 Å². The molecule has 0 aromatic carbocycles. The second-order valence-electron chi connectivity index (χ2n) is 5.23. The minimum Gasteiger partial charge on any atom is -0.478 e. The Morgan fingerprint density at radius 2 is 2.14 bits per heavy atom. The van der Waals surface area contributed by atoms with Crippen LogP contribution in [-0.2, 0) is 6.42 Å². The molecule has 0 aliphatic carbocycles. The van der Waals surface area contributed by atoms with Gasteiger partial charge in [0.15, 0.2) is 0 Å². The number of carbonyl (C=O) groups is 2. The SMILES string of the molecule is Cc1nc(C(=O)NCC(C)Cc2cccs2)ccc1C(=O)O. The van der Waals surface area contributed by atoms with Gasteiger partial charge < -0.3 is 10.4 Å². The van der Waals surface area contributed by atoms with Crippen molar-refractivity contribution in [1.29, 1.82) is 0 Å². The Morgan fingerprint density at radius 1 is 1.36 bits per heavy atom. The Bertz CT molecular complexity index is 668. The van der Waals surface area contributed by atoms with Crippen molar-refractivity contribution < 1.29 is 14.7 Å². The molecular formula is C16H18N2O3S. The largest absolute Gasteiger partial charge is 0.478 e. The number of carbonyl (C=O) groups excluding carboxylic acids is 1. The van der Waals surface area contributed by atoms with E-state index in [1.807, 2.05) is 11.4 Å². The smallest absolute Gasteiger partial charge is 0.337 e. The minimum atomic E-state index is -1.04. The van der Waals surface area contributed by atoms with Crippen molar-refractivity contribution in [3.8, 4) is 0 Å². The molecule has 1 atom stereocenters. The summed E-state index contributed by atoms with van der Waals surface area (Å²) in [6, 6.07) is 6.95. The Morgan fingerprint density at radius 3 is 2.73 bits per heavy atom. The van der Waals surface area contributed by atoms with Gasteiger partial charge in [0.1, 0.15) is 5.69 Å². The van der Waals surface area contributed by atoms with Crippen molar-refractivity contribution >= 4 is 23.2 Å². The van der Waals surface area contributed by atoms with Gasteiger partial charge in [-0.25, -0.2) is 9.78 Å². The normalized spacial score (nSPS) is 11.9. The molecular weight excluding hydrogens is 300 g/mol. The number of hydrogen-bond donors (Lipinski definition) is 2. The van der Waals surface area contributed by atoms with Crippen LogP contribution in [0.25, 0.3) is 0 Å². The molecule has 6 heteroatoms. The maximum Gasteiger partial charge on any atom is 0.337 e. The third-order valence-electron chi connectivity index (χ3n) is 3.29. The molecule has 0 saturated heterocycles. The quantitative estimate of drug-likeness (QED) is 0.858. The molecule has 5 nitrogen and oxygen atoms in total. The molecule has 2 heterocycles. The number of aromatic carboxylic acids is 1. The molecule has 2 aromatic rings. The maximum absolute atomic E-state index is 12.1. The molecule has 22 heavy (non-hydrogen) atoms. The highest BCUT2D eigenvalue weighted by Gasteiger charge is 2.14. The van der Waals surface area contributed by atoms with E-state index in [4.69, 9.17) is 5.11 Å². The van der Waals surface area contributed by atoms with Crippen LogP contribution in [0.4, 0.5) is 0 Å². The Hall–Kier alpha value is -2.21. The molecule has 0 aliphatic rings. The van der Waals surface area contributed by atoms with Crippen LogP contribution < -0.4 is 5.32 Å². The van der Waals surface area contributed by atoms with Gasteiger partial charge in [0.2, 0.25) is 0 Å². The maximum atomic E-state index is 12.1. The third-order valence-corrected chi connectivity index (χ3v) is 4.19. The molecule has 0 fully saturated rings. The second kappa shape index (κ2) is 7.17. The fourth-order valence-electron chi connectivity index (χ4n) is 2.12. The average molecular weight is 318 g/mol. The van der Waals surface area contributed by atoms with E-state index in [0.29, 0.717) is 18.2 Å². The predicted octanol–water partition coefficient (Wildman–Crippen LogP) is 2.76. The van der Waals surface area contributed by atoms with Crippen LogP contribution in [0.2, 0.25) is 0 Å². The molecule has 0 saturated carbocycles. The van der Waals surface area contributed by atoms with Crippen LogP contribution in [0.5, 0.6) is 0 Å². The first kappa shape index (κ1) is 16.2. The number of nitrogens with zero attached hydrogens (tertiary/aromatic N) is 1. The molecule has 0 aliphatic heterocycles. The first-order chi connectivity index (χ1) is 10.5. The topological polar surface area (TPSA) is 79.3 Å². The van der Waals surface area contributed by atoms with E-state index in [0.717, 1.165) is 6.42 Å². The van der Waals surface area contributed by atoms with Gasteiger partial charge in [-0.2, -0.15) is 0 Å². The minimum absolute atomic E-state index is 0.114. The van der Waals surface area contributed by atoms with Gasteiger partial charge in [0, 0.05) is 11.4 Å². The summed E-state index contributed by atoms with van der Waals surface area (Å²) in [5, 5.41) is 13.8. The lowest BCUT2D eigenvalue weighted by Crippen LogP contribution is -2.29. The number of nitrogens with one attached hydrogen (secondary N) is 1. The number of amides is 1. The van der Waals surface area contributed by atoms with Crippen LogP contribution in [0.3, 0.4) is 0 Å². The molecule has 1 unspecified atom stereocenters. The molecule has 0 spiro atoms. The van der Waals surface area contributed by atoms with Crippen molar-refractivity contribution in [3.05, 3.63) is 51.5 Å². The fourth-order valence-corrected chi connectivity index (χ4v) is 2.99. The van der Waals surface area contributed by atoms with Gasteiger partial charge in [0.25, 0.3) is 5.91 Å². The lowest BCUT2D eigenvalue weighted by molar-refractivity contribution is 0.0694. The van der Waals surface area contributed by atoms with Crippen LogP contribution in [0.15, 0.2) is 29.6 Å². The highest BCUT2D eigenvalue weighted by atomic mass is 32.1. The molecule has 0 radical (unpaired) electrons. The predicted molar refractivity (Wildman–Crippen MR) is 85.5 cm³/mol. The molecule has 2 rings (SSSR count). The number of thiophene rings is 1. The van der Waals surface area contributed by atoms with Crippen molar-refractivity contribution in [2.24, 2.45) is 5.92 Å². The van der Waals surface area contributed by atoms with E-state index in [2.05, 4.69) is 23.3 Å². The van der Waals surface area contributed by atoms with Gasteiger partial charge >= 0.3 is 5.97 Å². The third kappa shape index (κ3) is 4.14. The molecule has 1 amide bonds. The van der Waals surface area contributed by atoms with Crippen LogP contribution in [0, 0.1) is 12.8 Å². The summed E-state index contributed by atoms with van der Waals surface area (Å²) >= 11 is 1.71. The summed E-state index contributed by atoms with van der Waals surface area (Å²) in [6.07, 6.45) is 0.919. The zero-order valence-electron chi connectivity index (χ0n) is 12.5. The molecule has 2 aromatic heterocycles. The van der Waals surface area contributed by atoms with Crippen molar-refractivity contribution in [3.63, 3.8) is 0 Å². The molecule has 116 valence electrons. The van der Waals surface area contributed by atoms with Crippen molar-refractivity contribution in [1.82, 2.24) is 10.3 Å². The standard InChI is InChI=1S/C16H18N2O3S/c1-10(8-12-4-3-7-22-12)9-17-15(19)14-6-5-13(16(20)21)11(2)18-14/h3-7,10H,8-9H2,1-2H3,(H,17,19)(H,20,21). The van der Waals surface area contributed by atoms with E-state index >= 15 is 0 Å².